The van der Waals surface area contributed by atoms with Crippen molar-refractivity contribution in [1.29, 1.82) is 0 Å². The number of hydrogen-bond donors (Lipinski definition) is 1. The quantitative estimate of drug-likeness (QED) is 0.913. The molecule has 0 spiro atoms. The number of likely N-dealkylation sites (tertiary alicyclic amines) is 2. The molecule has 126 valence electrons. The topological polar surface area (TPSA) is 52.7 Å². The van der Waals surface area contributed by atoms with Crippen LogP contribution >= 0.6 is 11.3 Å². The average molecular weight is 335 g/mol. The Bertz CT molecular complexity index is 554. The van der Waals surface area contributed by atoms with Crippen molar-refractivity contribution in [2.75, 3.05) is 32.7 Å². The van der Waals surface area contributed by atoms with Crippen LogP contribution in [0.15, 0.2) is 16.8 Å². The predicted molar refractivity (Wildman–Crippen MR) is 91.6 cm³/mol. The van der Waals surface area contributed by atoms with Gasteiger partial charge in [-0.1, -0.05) is 13.8 Å². The first-order chi connectivity index (χ1) is 10.9. The first-order valence-corrected chi connectivity index (χ1v) is 9.20. The number of rotatable bonds is 4. The van der Waals surface area contributed by atoms with Crippen molar-refractivity contribution in [3.8, 4) is 0 Å². The van der Waals surface area contributed by atoms with Crippen LogP contribution in [0.2, 0.25) is 0 Å². The zero-order valence-corrected chi connectivity index (χ0v) is 14.7. The summed E-state index contributed by atoms with van der Waals surface area (Å²) in [5.41, 5.74) is 1.09. The lowest BCUT2D eigenvalue weighted by molar-refractivity contribution is -0.136. The summed E-state index contributed by atoms with van der Waals surface area (Å²) >= 11 is 1.53. The lowest BCUT2D eigenvalue weighted by Crippen LogP contribution is -2.57. The van der Waals surface area contributed by atoms with E-state index in [9.17, 15) is 9.59 Å². The predicted octanol–water partition coefficient (Wildman–Crippen LogP) is 1.81. The Balaban J connectivity index is 1.40. The van der Waals surface area contributed by atoms with E-state index in [2.05, 4.69) is 24.1 Å². The second-order valence-corrected chi connectivity index (χ2v) is 8.23. The second kappa shape index (κ2) is 6.61. The van der Waals surface area contributed by atoms with E-state index in [4.69, 9.17) is 0 Å². The highest BCUT2D eigenvalue weighted by Crippen LogP contribution is 2.28. The standard InChI is InChI=1S/C17H25N3O2S/c1-17(2)11-19(12-17)9-15(21)20-6-3-14(4-7-20)18-16(22)13-5-8-23-10-13/h5,8,10,14H,3-4,6-7,9,11-12H2,1-2H3,(H,18,22). The molecule has 2 aliphatic heterocycles. The Morgan fingerprint density at radius 3 is 2.57 bits per heavy atom. The van der Waals surface area contributed by atoms with Gasteiger partial charge in [-0.25, -0.2) is 0 Å². The summed E-state index contributed by atoms with van der Waals surface area (Å²) in [5.74, 6) is 0.224. The van der Waals surface area contributed by atoms with E-state index in [1.807, 2.05) is 21.7 Å². The number of thiophene rings is 1. The molecule has 0 radical (unpaired) electrons. The van der Waals surface area contributed by atoms with Gasteiger partial charge >= 0.3 is 0 Å². The molecular weight excluding hydrogens is 310 g/mol. The molecule has 0 saturated carbocycles. The highest BCUT2D eigenvalue weighted by Gasteiger charge is 2.36. The molecule has 2 amide bonds. The molecule has 5 nitrogen and oxygen atoms in total. The number of carbonyl (C=O) groups is 2. The molecule has 3 rings (SSSR count). The third kappa shape index (κ3) is 4.12. The second-order valence-electron chi connectivity index (χ2n) is 7.45. The van der Waals surface area contributed by atoms with Gasteiger partial charge in [-0.3, -0.25) is 14.5 Å². The van der Waals surface area contributed by atoms with E-state index in [1.165, 1.54) is 11.3 Å². The molecular formula is C17H25N3O2S. The van der Waals surface area contributed by atoms with Gasteiger partial charge in [0, 0.05) is 43.2 Å². The van der Waals surface area contributed by atoms with Crippen molar-refractivity contribution >= 4 is 23.2 Å². The van der Waals surface area contributed by atoms with E-state index in [0.717, 1.165) is 44.6 Å². The number of nitrogens with zero attached hydrogens (tertiary/aromatic N) is 2. The van der Waals surface area contributed by atoms with Crippen LogP contribution in [0.1, 0.15) is 37.0 Å². The summed E-state index contributed by atoms with van der Waals surface area (Å²) in [4.78, 5) is 28.5. The summed E-state index contributed by atoms with van der Waals surface area (Å²) < 4.78 is 0. The van der Waals surface area contributed by atoms with Crippen LogP contribution < -0.4 is 5.32 Å². The molecule has 0 aromatic carbocycles. The Hall–Kier alpha value is -1.40. The molecule has 23 heavy (non-hydrogen) atoms. The fraction of sp³-hybridized carbons (Fsp3) is 0.647. The van der Waals surface area contributed by atoms with Crippen molar-refractivity contribution in [3.05, 3.63) is 22.4 Å². The van der Waals surface area contributed by atoms with Gasteiger partial charge in [0.05, 0.1) is 6.54 Å². The number of carbonyl (C=O) groups excluding carboxylic acids is 2. The minimum absolute atomic E-state index is 0.00108. The zero-order valence-electron chi connectivity index (χ0n) is 13.9. The maximum atomic E-state index is 12.3. The van der Waals surface area contributed by atoms with Gasteiger partial charge in [0.25, 0.3) is 5.91 Å². The Kier molecular flexibility index (Phi) is 4.73. The number of hydrogen-bond acceptors (Lipinski definition) is 4. The van der Waals surface area contributed by atoms with E-state index in [-0.39, 0.29) is 17.9 Å². The van der Waals surface area contributed by atoms with Gasteiger partial charge in [0.1, 0.15) is 0 Å². The van der Waals surface area contributed by atoms with Gasteiger partial charge in [0.15, 0.2) is 0 Å². The molecule has 6 heteroatoms. The van der Waals surface area contributed by atoms with Gasteiger partial charge in [-0.2, -0.15) is 11.3 Å². The molecule has 2 fully saturated rings. The van der Waals surface area contributed by atoms with E-state index >= 15 is 0 Å². The van der Waals surface area contributed by atoms with Crippen LogP contribution in [-0.4, -0.2) is 60.4 Å². The number of amides is 2. The van der Waals surface area contributed by atoms with E-state index in [1.54, 1.807) is 0 Å². The lowest BCUT2D eigenvalue weighted by Gasteiger charge is -2.46. The first-order valence-electron chi connectivity index (χ1n) is 8.26. The Labute approximate surface area is 141 Å². The fourth-order valence-corrected chi connectivity index (χ4v) is 4.14. The molecule has 1 aromatic heterocycles. The van der Waals surface area contributed by atoms with Crippen LogP contribution in [0, 0.1) is 5.41 Å². The highest BCUT2D eigenvalue weighted by atomic mass is 32.1. The average Bonchev–Trinajstić information content (AvgIpc) is 3.00. The monoisotopic (exact) mass is 335 g/mol. The molecule has 0 bridgehead atoms. The normalized spacial score (nSPS) is 21.7. The third-order valence-electron chi connectivity index (χ3n) is 4.63. The summed E-state index contributed by atoms with van der Waals surface area (Å²) in [6.07, 6.45) is 1.68. The summed E-state index contributed by atoms with van der Waals surface area (Å²) in [6, 6.07) is 2.02. The van der Waals surface area contributed by atoms with Crippen LogP contribution in [0.25, 0.3) is 0 Å². The fourth-order valence-electron chi connectivity index (χ4n) is 3.50. The summed E-state index contributed by atoms with van der Waals surface area (Å²) in [5, 5.41) is 6.85. The van der Waals surface area contributed by atoms with Crippen molar-refractivity contribution in [1.82, 2.24) is 15.1 Å². The van der Waals surface area contributed by atoms with E-state index in [0.29, 0.717) is 12.0 Å². The van der Waals surface area contributed by atoms with Crippen molar-refractivity contribution in [3.63, 3.8) is 0 Å². The van der Waals surface area contributed by atoms with Crippen LogP contribution in [-0.2, 0) is 4.79 Å². The Morgan fingerprint density at radius 1 is 1.30 bits per heavy atom. The molecule has 2 saturated heterocycles. The van der Waals surface area contributed by atoms with Crippen LogP contribution in [0.4, 0.5) is 0 Å². The third-order valence-corrected chi connectivity index (χ3v) is 5.31. The van der Waals surface area contributed by atoms with Crippen molar-refractivity contribution < 1.29 is 9.59 Å². The summed E-state index contributed by atoms with van der Waals surface area (Å²) in [7, 11) is 0. The minimum atomic E-state index is -0.00108. The zero-order chi connectivity index (χ0) is 16.4. The van der Waals surface area contributed by atoms with Gasteiger partial charge in [-0.15, -0.1) is 0 Å². The summed E-state index contributed by atoms with van der Waals surface area (Å²) in [6.45, 7) is 8.49. The van der Waals surface area contributed by atoms with Crippen molar-refractivity contribution in [2.45, 2.75) is 32.7 Å². The molecule has 2 aliphatic rings. The van der Waals surface area contributed by atoms with Gasteiger partial charge < -0.3 is 10.2 Å². The highest BCUT2D eigenvalue weighted by molar-refractivity contribution is 7.08. The molecule has 3 heterocycles. The molecule has 1 aromatic rings. The minimum Gasteiger partial charge on any atom is -0.349 e. The molecule has 0 atom stereocenters. The maximum absolute atomic E-state index is 12.3. The molecule has 0 unspecified atom stereocenters. The smallest absolute Gasteiger partial charge is 0.252 e. The first kappa shape index (κ1) is 16.5. The lowest BCUT2D eigenvalue weighted by atomic mass is 9.84. The van der Waals surface area contributed by atoms with Crippen molar-refractivity contribution in [2.24, 2.45) is 5.41 Å². The largest absolute Gasteiger partial charge is 0.349 e. The SMILES string of the molecule is CC1(C)CN(CC(=O)N2CCC(NC(=O)c3ccsc3)CC2)C1. The molecule has 0 aliphatic carbocycles. The van der Waals surface area contributed by atoms with Gasteiger partial charge in [0.2, 0.25) is 5.91 Å². The maximum Gasteiger partial charge on any atom is 0.252 e. The van der Waals surface area contributed by atoms with Crippen LogP contribution in [0.5, 0.6) is 0 Å². The van der Waals surface area contributed by atoms with Crippen LogP contribution in [0.3, 0.4) is 0 Å². The number of nitrogens with one attached hydrogen (secondary N) is 1. The molecule has 1 N–H and O–H groups in total. The van der Waals surface area contributed by atoms with E-state index < -0.39 is 0 Å². The van der Waals surface area contributed by atoms with Gasteiger partial charge in [-0.05, 0) is 29.7 Å². The number of piperidine rings is 1. The Morgan fingerprint density at radius 2 is 2.00 bits per heavy atom.